The number of hydrogen-bond acceptors (Lipinski definition) is 5. The fourth-order valence-electron chi connectivity index (χ4n) is 10.1. The molecule has 0 aliphatic heterocycles. The zero-order valence-corrected chi connectivity index (χ0v) is 41.9. The summed E-state index contributed by atoms with van der Waals surface area (Å²) >= 11 is 0. The number of rotatable bonds is 6. The van der Waals surface area contributed by atoms with Gasteiger partial charge in [-0.05, 0) is 46.9 Å². The molecule has 7 aromatic carbocycles. The minimum atomic E-state index is -5.31. The third-order valence-electron chi connectivity index (χ3n) is 13.7. The molecular weight excluding hydrogens is 1190 g/mol. The minimum absolute atomic E-state index is 0.141. The van der Waals surface area contributed by atoms with Crippen LogP contribution in [0.1, 0.15) is 89.0 Å². The van der Waals surface area contributed by atoms with Gasteiger partial charge in [-0.2, -0.15) is 39.5 Å². The Morgan fingerprint density at radius 1 is 0.368 bits per heavy atom. The van der Waals surface area contributed by atoms with E-state index in [1.54, 1.807) is 0 Å². The molecule has 0 bridgehead atoms. The number of nitriles is 5. The molecule has 87 heavy (non-hydrogen) atoms. The fraction of sp³-hybridized carbons (Fsp3) is 0.0333. The summed E-state index contributed by atoms with van der Waals surface area (Å²) in [7, 11) is 0. The molecule has 0 unspecified atom stereocenters. The number of benzene rings is 7. The Morgan fingerprint density at radius 3 is 1.00 bits per heavy atom. The zero-order valence-electron chi connectivity index (χ0n) is 41.9. The topological polar surface area (TPSA) is 132 Å². The Morgan fingerprint density at radius 2 is 0.678 bits per heavy atom. The van der Waals surface area contributed by atoms with Crippen molar-refractivity contribution in [3.05, 3.63) is 265 Å². The molecule has 0 heterocycles. The van der Waals surface area contributed by atoms with Crippen LogP contribution in [0.2, 0.25) is 0 Å². The summed E-state index contributed by atoms with van der Waals surface area (Å²) in [6, 6.07) is 10.5. The molecule has 8 nitrogen and oxygen atoms in total. The highest BCUT2D eigenvalue weighted by molar-refractivity contribution is 6.36. The van der Waals surface area contributed by atoms with Crippen molar-refractivity contribution in [3.63, 3.8) is 0 Å². The number of alkyl halides is 3. The first-order valence-electron chi connectivity index (χ1n) is 23.2. The van der Waals surface area contributed by atoms with Crippen LogP contribution in [0.3, 0.4) is 0 Å². The zero-order chi connectivity index (χ0) is 64.1. The highest BCUT2D eigenvalue weighted by atomic mass is 19.4. The SMILES string of the molecule is [C-]#[N+]C1=C(c2ccc(C)cc2)/C(=C(/c2c(F)c(F)c(C#N)c(F)c2F)c2c(F)c(F)c([N+]#[C-])c(F)c2F)c2c(C#N)c3c(c(C#N)c21)C(C#N)=C(c1ccc(C(F)(F)F)cc1)/C3=C(\c1c(F)c(F)c(C#N)c(F)c1F)c1c(F)c(F)c([N+]#[C-])c(F)c1F. The molecule has 0 aromatic heterocycles. The van der Waals surface area contributed by atoms with Crippen LogP contribution in [0.4, 0.5) is 94.8 Å². The maximum Gasteiger partial charge on any atom is 0.416 e. The highest BCUT2D eigenvalue weighted by Gasteiger charge is 2.48. The third-order valence-corrected chi connectivity index (χ3v) is 13.7. The van der Waals surface area contributed by atoms with E-state index in [-0.39, 0.29) is 17.7 Å². The Balaban J connectivity index is 1.74. The van der Waals surface area contributed by atoms with Crippen molar-refractivity contribution in [3.8, 4) is 30.3 Å². The lowest BCUT2D eigenvalue weighted by atomic mass is 9.78. The van der Waals surface area contributed by atoms with Gasteiger partial charge in [0.1, 0.15) is 35.4 Å². The van der Waals surface area contributed by atoms with E-state index in [4.69, 9.17) is 19.7 Å². The molecule has 0 fully saturated rings. The first-order valence-corrected chi connectivity index (χ1v) is 23.2. The summed E-state index contributed by atoms with van der Waals surface area (Å²) in [5.74, 6) is -46.2. The number of nitrogens with zero attached hydrogens (tertiary/aromatic N) is 8. The van der Waals surface area contributed by atoms with E-state index in [0.29, 0.717) is 18.2 Å². The maximum atomic E-state index is 17.1. The van der Waals surface area contributed by atoms with Crippen molar-refractivity contribution >= 4 is 56.1 Å². The molecule has 424 valence electrons. The lowest BCUT2D eigenvalue weighted by Gasteiger charge is -2.24. The van der Waals surface area contributed by atoms with E-state index >= 15 is 70.2 Å². The van der Waals surface area contributed by atoms with E-state index in [9.17, 15) is 39.5 Å². The molecule has 0 amide bonds. The molecule has 0 N–H and O–H groups in total. The molecule has 7 aromatic rings. The van der Waals surface area contributed by atoms with Crippen molar-refractivity contribution in [2.75, 3.05) is 0 Å². The first-order chi connectivity index (χ1) is 41.1. The van der Waals surface area contributed by atoms with Gasteiger partial charge in [-0.25, -0.2) is 84.8 Å². The minimum Gasteiger partial charge on any atom is -0.237 e. The van der Waals surface area contributed by atoms with Gasteiger partial charge in [-0.3, -0.25) is 0 Å². The molecule has 0 atom stereocenters. The molecular formula is C60H11F19N8. The molecule has 0 saturated heterocycles. The van der Waals surface area contributed by atoms with E-state index in [2.05, 4.69) is 14.5 Å². The van der Waals surface area contributed by atoms with E-state index in [0.717, 1.165) is 30.3 Å². The summed E-state index contributed by atoms with van der Waals surface area (Å²) in [6.07, 6.45) is -5.31. The van der Waals surface area contributed by atoms with Crippen molar-refractivity contribution in [1.29, 1.82) is 26.3 Å². The number of aryl methyl sites for hydroxylation is 1. The van der Waals surface area contributed by atoms with Crippen LogP contribution in [0.25, 0.3) is 59.2 Å². The Kier molecular flexibility index (Phi) is 14.7. The van der Waals surface area contributed by atoms with Crippen LogP contribution in [0, 0.1) is 176 Å². The number of hydrogen-bond donors (Lipinski definition) is 0. The molecule has 0 spiro atoms. The maximum absolute atomic E-state index is 17.1. The van der Waals surface area contributed by atoms with E-state index in [1.807, 2.05) is 0 Å². The van der Waals surface area contributed by atoms with Gasteiger partial charge in [-0.1, -0.05) is 42.0 Å². The molecule has 0 saturated carbocycles. The third kappa shape index (κ3) is 8.40. The monoisotopic (exact) mass is 1200 g/mol. The second-order valence-corrected chi connectivity index (χ2v) is 18.0. The quantitative estimate of drug-likeness (QED) is 0.0929. The van der Waals surface area contributed by atoms with Crippen molar-refractivity contribution in [1.82, 2.24) is 0 Å². The first kappa shape index (κ1) is 59.7. The van der Waals surface area contributed by atoms with Gasteiger partial charge in [-0.15, -0.1) is 0 Å². The summed E-state index contributed by atoms with van der Waals surface area (Å²) < 4.78 is 308. The molecule has 27 heteroatoms. The second-order valence-electron chi connectivity index (χ2n) is 18.0. The van der Waals surface area contributed by atoms with Crippen LogP contribution in [0.5, 0.6) is 0 Å². The summed E-state index contributed by atoms with van der Waals surface area (Å²) in [6.45, 7) is 24.3. The fourth-order valence-corrected chi connectivity index (χ4v) is 10.1. The van der Waals surface area contributed by atoms with E-state index < -0.39 is 239 Å². The van der Waals surface area contributed by atoms with Crippen LogP contribution in [-0.4, -0.2) is 0 Å². The van der Waals surface area contributed by atoms with Gasteiger partial charge in [0.15, 0.2) is 93.1 Å². The highest BCUT2D eigenvalue weighted by Crippen LogP contribution is 2.62. The second kappa shape index (κ2) is 21.4. The largest absolute Gasteiger partial charge is 0.416 e. The summed E-state index contributed by atoms with van der Waals surface area (Å²) in [5.41, 5.74) is -45.3. The van der Waals surface area contributed by atoms with Crippen molar-refractivity contribution in [2.45, 2.75) is 13.1 Å². The van der Waals surface area contributed by atoms with Gasteiger partial charge >= 0.3 is 6.18 Å². The number of allylic oxidation sites excluding steroid dienone is 5. The van der Waals surface area contributed by atoms with Crippen LogP contribution >= 0.6 is 0 Å². The predicted octanol–water partition coefficient (Wildman–Crippen LogP) is 17.0. The van der Waals surface area contributed by atoms with Gasteiger partial charge < -0.3 is 0 Å². The molecule has 2 aliphatic rings. The van der Waals surface area contributed by atoms with Crippen molar-refractivity contribution < 1.29 is 83.4 Å². The lowest BCUT2D eigenvalue weighted by Crippen LogP contribution is -2.14. The van der Waals surface area contributed by atoms with Gasteiger partial charge in [0.2, 0.25) is 5.70 Å². The number of halogens is 19. The van der Waals surface area contributed by atoms with Gasteiger partial charge in [0.05, 0.1) is 70.3 Å². The van der Waals surface area contributed by atoms with Crippen LogP contribution in [0.15, 0.2) is 48.5 Å². The molecule has 9 rings (SSSR count). The Hall–Kier alpha value is -11.9. The van der Waals surface area contributed by atoms with Gasteiger partial charge in [0, 0.05) is 39.0 Å². The average molecular weight is 1200 g/mol. The average Bonchev–Trinajstić information content (AvgIpc) is 1.56. The molecule has 2 aliphatic carbocycles. The van der Waals surface area contributed by atoms with Crippen LogP contribution < -0.4 is 0 Å². The van der Waals surface area contributed by atoms with Gasteiger partial charge in [0.25, 0.3) is 11.4 Å². The normalized spacial score (nSPS) is 13.6. The summed E-state index contributed by atoms with van der Waals surface area (Å²) in [5, 5.41) is 53.3. The smallest absolute Gasteiger partial charge is 0.237 e. The van der Waals surface area contributed by atoms with Crippen LogP contribution in [-0.2, 0) is 6.18 Å². The number of fused-ring (bicyclic) bond motifs is 2. The Labute approximate surface area is 472 Å². The predicted molar refractivity (Wildman–Crippen MR) is 263 cm³/mol. The van der Waals surface area contributed by atoms with Crippen molar-refractivity contribution in [2.24, 2.45) is 0 Å². The summed E-state index contributed by atoms with van der Waals surface area (Å²) in [4.78, 5) is 7.94. The standard InChI is InChI=1S/C60H11F19N8/c1-18-5-7-20(8-6-18)28-34(36(38-47(67)43(63)26(17-84)44(64)48(38)68)40-51(71)55(75)59(87-4)56(76)52(40)72)31-24(15-82)30-29(23(14-81)32(31)57(28)85-2)22(13-80)27(19-9-11-21(12-10-19)60(77,78)79)33(30)35(37-45(65)41(61)25(16-83)42(62)46(37)66)39-49(69)53(73)58(86-3)54(74)50(39)70/h5-12H,1H3/b35-33-,36-34+. The Bertz CT molecular complexity index is 4650. The molecule has 0 radical (unpaired) electrons. The van der Waals surface area contributed by atoms with E-state index in [1.165, 1.54) is 25.1 Å². The lowest BCUT2D eigenvalue weighted by molar-refractivity contribution is -0.137.